The van der Waals surface area contributed by atoms with Crippen molar-refractivity contribution in [2.75, 3.05) is 20.2 Å². The highest BCUT2D eigenvalue weighted by Crippen LogP contribution is 2.25. The topological polar surface area (TPSA) is 75.8 Å². The van der Waals surface area contributed by atoms with Crippen molar-refractivity contribution in [1.29, 1.82) is 0 Å². The van der Waals surface area contributed by atoms with Crippen LogP contribution in [0.2, 0.25) is 0 Å². The Morgan fingerprint density at radius 3 is 2.62 bits per heavy atom. The minimum absolute atomic E-state index is 0.0781. The van der Waals surface area contributed by atoms with E-state index in [2.05, 4.69) is 0 Å². The second-order valence-electron chi connectivity index (χ2n) is 6.08. The maximum Gasteiger partial charge on any atom is 0.253 e. The second kappa shape index (κ2) is 7.03. The Labute approximate surface area is 141 Å². The molecule has 2 aromatic rings. The molecule has 3 rings (SSSR count). The quantitative estimate of drug-likeness (QED) is 0.903. The van der Waals surface area contributed by atoms with Crippen LogP contribution in [0.25, 0.3) is 11.1 Å². The standard InChI is InChI=1S/C19H22N2O3/c1-24-16-7-3-5-14(11-16)13-4-2-6-15(10-13)19(23)21-9-8-17(20)18(22)12-21/h2-7,10-11,17-18,22H,8-9,12,20H2,1H3. The van der Waals surface area contributed by atoms with Crippen molar-refractivity contribution in [3.8, 4) is 16.9 Å². The van der Waals surface area contributed by atoms with Crippen molar-refractivity contribution in [3.63, 3.8) is 0 Å². The van der Waals surface area contributed by atoms with E-state index in [1.54, 1.807) is 18.1 Å². The number of nitrogens with zero attached hydrogens (tertiary/aromatic N) is 1. The van der Waals surface area contributed by atoms with Gasteiger partial charge in [-0.15, -0.1) is 0 Å². The molecule has 0 aliphatic carbocycles. The first-order valence-electron chi connectivity index (χ1n) is 8.06. The summed E-state index contributed by atoms with van der Waals surface area (Å²) in [5, 5.41) is 9.90. The fourth-order valence-corrected chi connectivity index (χ4v) is 2.95. The number of methoxy groups -OCH3 is 1. The molecule has 5 heteroatoms. The van der Waals surface area contributed by atoms with Crippen molar-refractivity contribution in [2.45, 2.75) is 18.6 Å². The van der Waals surface area contributed by atoms with Crippen LogP contribution >= 0.6 is 0 Å². The van der Waals surface area contributed by atoms with Gasteiger partial charge in [0.25, 0.3) is 5.91 Å². The molecule has 1 aliphatic heterocycles. The highest BCUT2D eigenvalue weighted by atomic mass is 16.5. The Kier molecular flexibility index (Phi) is 4.83. The lowest BCUT2D eigenvalue weighted by Crippen LogP contribution is -2.52. The average Bonchev–Trinajstić information content (AvgIpc) is 2.63. The van der Waals surface area contributed by atoms with E-state index in [1.807, 2.05) is 42.5 Å². The van der Waals surface area contributed by atoms with Gasteiger partial charge in [-0.2, -0.15) is 0 Å². The summed E-state index contributed by atoms with van der Waals surface area (Å²) in [6.07, 6.45) is -0.0491. The van der Waals surface area contributed by atoms with E-state index in [4.69, 9.17) is 10.5 Å². The number of hydrogen-bond acceptors (Lipinski definition) is 4. The number of carbonyl (C=O) groups is 1. The van der Waals surface area contributed by atoms with E-state index in [0.29, 0.717) is 18.5 Å². The van der Waals surface area contributed by atoms with E-state index in [-0.39, 0.29) is 18.5 Å². The molecule has 0 bridgehead atoms. The summed E-state index contributed by atoms with van der Waals surface area (Å²) in [5.74, 6) is 0.697. The fourth-order valence-electron chi connectivity index (χ4n) is 2.95. The summed E-state index contributed by atoms with van der Waals surface area (Å²) in [4.78, 5) is 14.4. The minimum atomic E-state index is -0.663. The predicted molar refractivity (Wildman–Crippen MR) is 92.9 cm³/mol. The Balaban J connectivity index is 1.83. The fraction of sp³-hybridized carbons (Fsp3) is 0.316. The average molecular weight is 326 g/mol. The number of benzene rings is 2. The van der Waals surface area contributed by atoms with Gasteiger partial charge in [0, 0.05) is 24.7 Å². The number of aliphatic hydroxyl groups excluding tert-OH is 1. The van der Waals surface area contributed by atoms with Crippen LogP contribution in [-0.2, 0) is 0 Å². The van der Waals surface area contributed by atoms with Gasteiger partial charge in [-0.1, -0.05) is 24.3 Å². The van der Waals surface area contributed by atoms with Crippen molar-refractivity contribution in [2.24, 2.45) is 5.73 Å². The van der Waals surface area contributed by atoms with E-state index < -0.39 is 6.10 Å². The second-order valence-corrected chi connectivity index (χ2v) is 6.08. The number of hydrogen-bond donors (Lipinski definition) is 2. The molecule has 24 heavy (non-hydrogen) atoms. The van der Waals surface area contributed by atoms with E-state index in [9.17, 15) is 9.90 Å². The summed E-state index contributed by atoms with van der Waals surface area (Å²) in [6, 6.07) is 15.0. The first kappa shape index (κ1) is 16.5. The normalized spacial score (nSPS) is 20.7. The lowest BCUT2D eigenvalue weighted by atomic mass is 10.00. The third kappa shape index (κ3) is 3.42. The summed E-state index contributed by atoms with van der Waals surface area (Å²) in [6.45, 7) is 0.851. The molecule has 5 nitrogen and oxygen atoms in total. The molecule has 3 N–H and O–H groups in total. The van der Waals surface area contributed by atoms with Crippen LogP contribution in [-0.4, -0.2) is 48.3 Å². The third-order valence-electron chi connectivity index (χ3n) is 4.43. The van der Waals surface area contributed by atoms with Gasteiger partial charge >= 0.3 is 0 Å². The largest absolute Gasteiger partial charge is 0.497 e. The van der Waals surface area contributed by atoms with Crippen LogP contribution in [0.1, 0.15) is 16.8 Å². The molecule has 0 spiro atoms. The van der Waals surface area contributed by atoms with Gasteiger partial charge in [0.15, 0.2) is 0 Å². The molecule has 126 valence electrons. The molecule has 0 saturated carbocycles. The Morgan fingerprint density at radius 2 is 1.92 bits per heavy atom. The zero-order chi connectivity index (χ0) is 17.1. The van der Waals surface area contributed by atoms with Gasteiger partial charge in [-0.05, 0) is 41.8 Å². The van der Waals surface area contributed by atoms with E-state index in [0.717, 1.165) is 16.9 Å². The maximum atomic E-state index is 12.7. The number of aliphatic hydroxyl groups is 1. The molecule has 1 heterocycles. The van der Waals surface area contributed by atoms with Gasteiger partial charge in [-0.25, -0.2) is 0 Å². The SMILES string of the molecule is COc1cccc(-c2cccc(C(=O)N3CCC(N)C(O)C3)c2)c1. The molecule has 0 aromatic heterocycles. The van der Waals surface area contributed by atoms with Crippen LogP contribution in [0.5, 0.6) is 5.75 Å². The number of nitrogens with two attached hydrogens (primary N) is 1. The zero-order valence-electron chi connectivity index (χ0n) is 13.7. The van der Waals surface area contributed by atoms with Crippen LogP contribution < -0.4 is 10.5 Å². The highest BCUT2D eigenvalue weighted by Gasteiger charge is 2.28. The van der Waals surface area contributed by atoms with Crippen LogP contribution in [0.3, 0.4) is 0 Å². The Morgan fingerprint density at radius 1 is 1.21 bits per heavy atom. The number of carbonyl (C=O) groups excluding carboxylic acids is 1. The predicted octanol–water partition coefficient (Wildman–Crippen LogP) is 1.90. The van der Waals surface area contributed by atoms with Crippen LogP contribution in [0.4, 0.5) is 0 Å². The smallest absolute Gasteiger partial charge is 0.253 e. The molecular formula is C19H22N2O3. The van der Waals surface area contributed by atoms with E-state index >= 15 is 0 Å². The van der Waals surface area contributed by atoms with Gasteiger partial charge in [-0.3, -0.25) is 4.79 Å². The highest BCUT2D eigenvalue weighted by molar-refractivity contribution is 5.95. The van der Waals surface area contributed by atoms with E-state index in [1.165, 1.54) is 0 Å². The molecule has 1 aliphatic rings. The van der Waals surface area contributed by atoms with Crippen LogP contribution in [0, 0.1) is 0 Å². The number of β-amino-alcohol motifs (C(OH)–C–C–N with tert-alkyl or cyclic N) is 1. The number of piperidine rings is 1. The lowest BCUT2D eigenvalue weighted by Gasteiger charge is -2.34. The molecule has 2 unspecified atom stereocenters. The number of likely N-dealkylation sites (tertiary alicyclic amines) is 1. The molecule has 2 atom stereocenters. The first-order chi connectivity index (χ1) is 11.6. The van der Waals surface area contributed by atoms with Gasteiger partial charge in [0.2, 0.25) is 0 Å². The monoisotopic (exact) mass is 326 g/mol. The molecular weight excluding hydrogens is 304 g/mol. The Hall–Kier alpha value is -2.37. The van der Waals surface area contributed by atoms with Gasteiger partial charge in [0.05, 0.1) is 13.2 Å². The minimum Gasteiger partial charge on any atom is -0.497 e. The summed E-state index contributed by atoms with van der Waals surface area (Å²) in [7, 11) is 1.63. The Bertz CT molecular complexity index is 732. The number of rotatable bonds is 3. The molecule has 1 fully saturated rings. The summed E-state index contributed by atoms with van der Waals surface area (Å²) >= 11 is 0. The molecule has 2 aromatic carbocycles. The lowest BCUT2D eigenvalue weighted by molar-refractivity contribution is 0.0395. The molecule has 1 amide bonds. The first-order valence-corrected chi connectivity index (χ1v) is 8.06. The van der Waals surface area contributed by atoms with Crippen LogP contribution in [0.15, 0.2) is 48.5 Å². The number of amides is 1. The van der Waals surface area contributed by atoms with Crippen molar-refractivity contribution < 1.29 is 14.6 Å². The third-order valence-corrected chi connectivity index (χ3v) is 4.43. The molecule has 1 saturated heterocycles. The van der Waals surface area contributed by atoms with Crippen molar-refractivity contribution in [3.05, 3.63) is 54.1 Å². The maximum absolute atomic E-state index is 12.7. The summed E-state index contributed by atoms with van der Waals surface area (Å²) in [5.41, 5.74) is 8.36. The number of ether oxygens (including phenoxy) is 1. The van der Waals surface area contributed by atoms with Gasteiger partial charge in [0.1, 0.15) is 5.75 Å². The van der Waals surface area contributed by atoms with Gasteiger partial charge < -0.3 is 20.5 Å². The summed E-state index contributed by atoms with van der Waals surface area (Å²) < 4.78 is 5.26. The van der Waals surface area contributed by atoms with Crippen molar-refractivity contribution in [1.82, 2.24) is 4.90 Å². The van der Waals surface area contributed by atoms with Crippen molar-refractivity contribution >= 4 is 5.91 Å². The zero-order valence-corrected chi connectivity index (χ0v) is 13.7. The molecule has 0 radical (unpaired) electrons.